The first-order valence-corrected chi connectivity index (χ1v) is 9.60. The van der Waals surface area contributed by atoms with Gasteiger partial charge in [0.05, 0.1) is 0 Å². The first-order chi connectivity index (χ1) is 14.1. The third kappa shape index (κ3) is 4.34. The number of nitrogens with zero attached hydrogens (tertiary/aromatic N) is 5. The van der Waals surface area contributed by atoms with E-state index in [9.17, 15) is 9.59 Å². The highest BCUT2D eigenvalue weighted by Crippen LogP contribution is 2.21. The van der Waals surface area contributed by atoms with Crippen LogP contribution in [-0.4, -0.2) is 51.2 Å². The van der Waals surface area contributed by atoms with Crippen LogP contribution in [0.15, 0.2) is 36.5 Å². The first-order valence-electron chi connectivity index (χ1n) is 9.60. The van der Waals surface area contributed by atoms with Gasteiger partial charge in [-0.05, 0) is 56.5 Å². The summed E-state index contributed by atoms with van der Waals surface area (Å²) in [6.07, 6.45) is 5.28. The lowest BCUT2D eigenvalue weighted by Gasteiger charge is -2.28. The Morgan fingerprint density at radius 3 is 2.59 bits per heavy atom. The van der Waals surface area contributed by atoms with E-state index in [1.54, 1.807) is 12.3 Å². The summed E-state index contributed by atoms with van der Waals surface area (Å²) in [6, 6.07) is 9.43. The van der Waals surface area contributed by atoms with Gasteiger partial charge in [-0.1, -0.05) is 0 Å². The molecular formula is C20H22N6O3. The average molecular weight is 394 g/mol. The van der Waals surface area contributed by atoms with Crippen molar-refractivity contribution < 1.29 is 14.3 Å². The van der Waals surface area contributed by atoms with Gasteiger partial charge in [0, 0.05) is 36.4 Å². The average Bonchev–Trinajstić information content (AvgIpc) is 3.19. The number of amides is 1. The van der Waals surface area contributed by atoms with Gasteiger partial charge in [0.1, 0.15) is 0 Å². The molecule has 1 aliphatic rings. The number of carbonyl (C=O) groups is 2. The number of aromatic nitrogens is 4. The Morgan fingerprint density at radius 1 is 1.10 bits per heavy atom. The van der Waals surface area contributed by atoms with Crippen LogP contribution in [0.25, 0.3) is 5.78 Å². The molecule has 1 saturated heterocycles. The summed E-state index contributed by atoms with van der Waals surface area (Å²) in [4.78, 5) is 34.6. The molecule has 1 aromatic carbocycles. The largest absolute Gasteiger partial charge is 0.450 e. The molecule has 0 spiro atoms. The Labute approximate surface area is 167 Å². The van der Waals surface area contributed by atoms with Crippen LogP contribution < -0.4 is 10.2 Å². The number of hydrogen-bond donors (Lipinski definition) is 1. The van der Waals surface area contributed by atoms with Gasteiger partial charge in [-0.25, -0.2) is 14.3 Å². The normalized spacial score (nSPS) is 14.0. The minimum Gasteiger partial charge on any atom is -0.450 e. The summed E-state index contributed by atoms with van der Waals surface area (Å²) in [5.74, 6) is -1.03. The summed E-state index contributed by atoms with van der Waals surface area (Å²) in [7, 11) is 0. The van der Waals surface area contributed by atoms with E-state index >= 15 is 0 Å². The lowest BCUT2D eigenvalue weighted by atomic mass is 10.1. The Balaban J connectivity index is 1.31. The number of nitrogens with one attached hydrogen (secondary N) is 1. The molecule has 0 bridgehead atoms. The van der Waals surface area contributed by atoms with Gasteiger partial charge < -0.3 is 15.0 Å². The Morgan fingerprint density at radius 2 is 1.86 bits per heavy atom. The molecule has 150 valence electrons. The predicted octanol–water partition coefficient (Wildman–Crippen LogP) is 2.22. The minimum absolute atomic E-state index is 0.134. The zero-order valence-corrected chi connectivity index (χ0v) is 16.2. The Kier molecular flexibility index (Phi) is 5.37. The van der Waals surface area contributed by atoms with E-state index in [0.717, 1.165) is 24.5 Å². The Hall–Kier alpha value is -3.49. The summed E-state index contributed by atoms with van der Waals surface area (Å²) >= 11 is 0. The zero-order chi connectivity index (χ0) is 20.2. The van der Waals surface area contributed by atoms with Crippen molar-refractivity contribution in [3.05, 3.63) is 48.0 Å². The second kappa shape index (κ2) is 8.26. The number of rotatable bonds is 5. The number of carbonyl (C=O) groups excluding carboxylic acids is 2. The second-order valence-corrected chi connectivity index (χ2v) is 6.95. The molecule has 9 heteroatoms. The molecule has 4 rings (SSSR count). The summed E-state index contributed by atoms with van der Waals surface area (Å²) < 4.78 is 6.47. The van der Waals surface area contributed by atoms with E-state index in [-0.39, 0.29) is 5.82 Å². The number of ether oxygens (including phenoxy) is 1. The predicted molar refractivity (Wildman–Crippen MR) is 107 cm³/mol. The SMILES string of the molecule is Cc1ccnc2nc(C(=O)OCC(=O)Nc3ccc(N4CCCCC4)cc3)nn12. The molecule has 1 amide bonds. The molecule has 1 aliphatic heterocycles. The van der Waals surface area contributed by atoms with Crippen molar-refractivity contribution >= 4 is 29.0 Å². The highest BCUT2D eigenvalue weighted by atomic mass is 16.5. The first kappa shape index (κ1) is 18.9. The molecular weight excluding hydrogens is 372 g/mol. The van der Waals surface area contributed by atoms with Crippen LogP contribution in [0.4, 0.5) is 11.4 Å². The van der Waals surface area contributed by atoms with Crippen molar-refractivity contribution in [1.29, 1.82) is 0 Å². The number of anilines is 2. The van der Waals surface area contributed by atoms with E-state index in [4.69, 9.17) is 4.74 Å². The number of hydrogen-bond acceptors (Lipinski definition) is 7. The van der Waals surface area contributed by atoms with E-state index in [0.29, 0.717) is 11.5 Å². The van der Waals surface area contributed by atoms with E-state index in [2.05, 4.69) is 25.3 Å². The van der Waals surface area contributed by atoms with Crippen LogP contribution in [0.2, 0.25) is 0 Å². The van der Waals surface area contributed by atoms with Crippen molar-refractivity contribution in [3.8, 4) is 0 Å². The molecule has 3 heterocycles. The van der Waals surface area contributed by atoms with Crippen LogP contribution in [-0.2, 0) is 9.53 Å². The van der Waals surface area contributed by atoms with Crippen molar-refractivity contribution in [2.24, 2.45) is 0 Å². The summed E-state index contributed by atoms with van der Waals surface area (Å²) in [5, 5.41) is 6.78. The van der Waals surface area contributed by atoms with Gasteiger partial charge in [0.15, 0.2) is 6.61 Å². The third-order valence-corrected chi connectivity index (χ3v) is 4.82. The topological polar surface area (TPSA) is 102 Å². The lowest BCUT2D eigenvalue weighted by molar-refractivity contribution is -0.119. The van der Waals surface area contributed by atoms with Crippen LogP contribution in [0.3, 0.4) is 0 Å². The fraction of sp³-hybridized carbons (Fsp3) is 0.350. The molecule has 3 aromatic rings. The van der Waals surface area contributed by atoms with Crippen molar-refractivity contribution in [1.82, 2.24) is 19.6 Å². The molecule has 1 fully saturated rings. The van der Waals surface area contributed by atoms with Crippen molar-refractivity contribution in [3.63, 3.8) is 0 Å². The molecule has 29 heavy (non-hydrogen) atoms. The van der Waals surface area contributed by atoms with E-state index in [1.807, 2.05) is 31.2 Å². The molecule has 0 saturated carbocycles. The second-order valence-electron chi connectivity index (χ2n) is 6.95. The van der Waals surface area contributed by atoms with Gasteiger partial charge in [-0.2, -0.15) is 4.98 Å². The standard InChI is InChI=1S/C20H22N6O3/c1-14-9-10-21-20-23-18(24-26(14)20)19(28)29-13-17(27)22-15-5-7-16(8-6-15)25-11-3-2-4-12-25/h5-10H,2-4,11-13H2,1H3,(H,22,27). The van der Waals surface area contributed by atoms with Gasteiger partial charge in [-0.15, -0.1) is 5.10 Å². The quantitative estimate of drug-likeness (QED) is 0.662. The zero-order valence-electron chi connectivity index (χ0n) is 16.2. The van der Waals surface area contributed by atoms with Crippen molar-refractivity contribution in [2.45, 2.75) is 26.2 Å². The molecule has 1 N–H and O–H groups in total. The fourth-order valence-corrected chi connectivity index (χ4v) is 3.29. The van der Waals surface area contributed by atoms with Crippen LogP contribution in [0.5, 0.6) is 0 Å². The lowest BCUT2D eigenvalue weighted by Crippen LogP contribution is -2.29. The summed E-state index contributed by atoms with van der Waals surface area (Å²) in [6.45, 7) is 3.53. The van der Waals surface area contributed by atoms with Crippen LogP contribution in [0.1, 0.15) is 35.6 Å². The van der Waals surface area contributed by atoms with Gasteiger partial charge in [0.25, 0.3) is 17.5 Å². The highest BCUT2D eigenvalue weighted by Gasteiger charge is 2.17. The van der Waals surface area contributed by atoms with Gasteiger partial charge >= 0.3 is 5.97 Å². The number of fused-ring (bicyclic) bond motifs is 1. The minimum atomic E-state index is -0.773. The number of esters is 1. The van der Waals surface area contributed by atoms with Crippen LogP contribution >= 0.6 is 0 Å². The monoisotopic (exact) mass is 394 g/mol. The molecule has 9 nitrogen and oxygen atoms in total. The molecule has 0 atom stereocenters. The van der Waals surface area contributed by atoms with Gasteiger partial charge in [0.2, 0.25) is 0 Å². The van der Waals surface area contributed by atoms with Crippen LogP contribution in [0, 0.1) is 6.92 Å². The molecule has 2 aromatic heterocycles. The maximum atomic E-state index is 12.1. The van der Waals surface area contributed by atoms with Gasteiger partial charge in [-0.3, -0.25) is 4.79 Å². The maximum Gasteiger partial charge on any atom is 0.378 e. The smallest absolute Gasteiger partial charge is 0.378 e. The fourth-order valence-electron chi connectivity index (χ4n) is 3.29. The highest BCUT2D eigenvalue weighted by molar-refractivity contribution is 5.94. The number of piperidine rings is 1. The molecule has 0 aliphatic carbocycles. The Bertz CT molecular complexity index is 1020. The summed E-state index contributed by atoms with van der Waals surface area (Å²) in [5.41, 5.74) is 2.58. The number of benzene rings is 1. The van der Waals surface area contributed by atoms with Crippen molar-refractivity contribution in [2.75, 3.05) is 29.9 Å². The molecule has 0 unspecified atom stereocenters. The third-order valence-electron chi connectivity index (χ3n) is 4.82. The molecule has 0 radical (unpaired) electrons. The van der Waals surface area contributed by atoms with E-state index in [1.165, 1.54) is 23.8 Å². The number of aryl methyl sites for hydroxylation is 1. The maximum absolute atomic E-state index is 12.1. The van der Waals surface area contributed by atoms with E-state index < -0.39 is 18.5 Å².